The van der Waals surface area contributed by atoms with Gasteiger partial charge in [0.1, 0.15) is 11.4 Å². The average molecular weight is 386 g/mol. The lowest BCUT2D eigenvalue weighted by Gasteiger charge is -2.14. The predicted molar refractivity (Wildman–Crippen MR) is 116 cm³/mol. The fraction of sp³-hybridized carbons (Fsp3) is 0.192. The number of rotatable bonds is 4. The Balaban J connectivity index is 1.94. The lowest BCUT2D eigenvalue weighted by molar-refractivity contribution is 0.561. The van der Waals surface area contributed by atoms with Gasteiger partial charge in [0.05, 0.1) is 5.56 Å². The van der Waals surface area contributed by atoms with Crippen LogP contribution >= 0.6 is 0 Å². The van der Waals surface area contributed by atoms with Crippen molar-refractivity contribution < 1.29 is 8.81 Å². The molecule has 29 heavy (non-hydrogen) atoms. The molecule has 146 valence electrons. The molecule has 2 nitrogen and oxygen atoms in total. The summed E-state index contributed by atoms with van der Waals surface area (Å²) in [4.78, 5) is 13.0. The van der Waals surface area contributed by atoms with Crippen molar-refractivity contribution in [3.05, 3.63) is 105 Å². The molecule has 0 N–H and O–H groups in total. The molecule has 0 fully saturated rings. The smallest absolute Gasteiger partial charge is 0.344 e. The zero-order valence-corrected chi connectivity index (χ0v) is 16.8. The molecule has 0 bridgehead atoms. The first-order chi connectivity index (χ1) is 13.9. The van der Waals surface area contributed by atoms with E-state index in [0.717, 1.165) is 16.5 Å². The molecule has 0 saturated carbocycles. The standard InChI is InChI=1S/C26H23FO2/c1-16(2)19-10-8-18(9-11-19)15-23-22-6-4-5-7-24(22)29-26(28)25(23)21-13-12-20(27)14-17(21)3/h4-14,16H,15H2,1-3H3. The van der Waals surface area contributed by atoms with Gasteiger partial charge in [-0.15, -0.1) is 0 Å². The summed E-state index contributed by atoms with van der Waals surface area (Å²) in [7, 11) is 0. The number of halogens is 1. The molecule has 3 aromatic carbocycles. The molecule has 0 unspecified atom stereocenters. The molecule has 0 atom stereocenters. The van der Waals surface area contributed by atoms with Crippen LogP contribution in [0, 0.1) is 12.7 Å². The average Bonchev–Trinajstić information content (AvgIpc) is 2.69. The zero-order chi connectivity index (χ0) is 20.5. The Kier molecular flexibility index (Phi) is 5.06. The topological polar surface area (TPSA) is 30.2 Å². The Morgan fingerprint density at radius 1 is 0.966 bits per heavy atom. The van der Waals surface area contributed by atoms with Crippen molar-refractivity contribution in [1.29, 1.82) is 0 Å². The Morgan fingerprint density at radius 3 is 2.38 bits per heavy atom. The van der Waals surface area contributed by atoms with E-state index in [4.69, 9.17) is 4.42 Å². The molecule has 0 aliphatic heterocycles. The first-order valence-electron chi connectivity index (χ1n) is 9.84. The maximum atomic E-state index is 13.7. The van der Waals surface area contributed by atoms with Crippen LogP contribution in [-0.4, -0.2) is 0 Å². The lowest BCUT2D eigenvalue weighted by atomic mass is 9.91. The third kappa shape index (κ3) is 3.73. The van der Waals surface area contributed by atoms with E-state index in [-0.39, 0.29) is 5.82 Å². The molecule has 1 heterocycles. The van der Waals surface area contributed by atoms with E-state index < -0.39 is 5.63 Å². The highest BCUT2D eigenvalue weighted by Crippen LogP contribution is 2.31. The van der Waals surface area contributed by atoms with E-state index in [9.17, 15) is 9.18 Å². The summed E-state index contributed by atoms with van der Waals surface area (Å²) in [6.45, 7) is 6.15. The van der Waals surface area contributed by atoms with Crippen LogP contribution in [-0.2, 0) is 6.42 Å². The van der Waals surface area contributed by atoms with E-state index in [0.29, 0.717) is 34.6 Å². The minimum absolute atomic E-state index is 0.317. The number of hydrogen-bond acceptors (Lipinski definition) is 2. The first-order valence-corrected chi connectivity index (χ1v) is 9.84. The van der Waals surface area contributed by atoms with Gasteiger partial charge in [-0.3, -0.25) is 0 Å². The molecule has 0 radical (unpaired) electrons. The molecule has 0 amide bonds. The highest BCUT2D eigenvalue weighted by Gasteiger charge is 2.18. The maximum absolute atomic E-state index is 13.7. The van der Waals surface area contributed by atoms with Gasteiger partial charge in [-0.2, -0.15) is 0 Å². The third-order valence-corrected chi connectivity index (χ3v) is 5.41. The fourth-order valence-corrected chi connectivity index (χ4v) is 3.80. The van der Waals surface area contributed by atoms with Crippen LogP contribution in [0.25, 0.3) is 22.1 Å². The summed E-state index contributed by atoms with van der Waals surface area (Å²) in [6, 6.07) is 20.6. The largest absolute Gasteiger partial charge is 0.422 e. The Labute approximate surface area is 169 Å². The maximum Gasteiger partial charge on any atom is 0.344 e. The van der Waals surface area contributed by atoms with Crippen LogP contribution in [0.2, 0.25) is 0 Å². The highest BCUT2D eigenvalue weighted by molar-refractivity contribution is 5.88. The lowest BCUT2D eigenvalue weighted by Crippen LogP contribution is -2.09. The van der Waals surface area contributed by atoms with Crippen LogP contribution in [0.1, 0.15) is 42.0 Å². The van der Waals surface area contributed by atoms with Crippen LogP contribution < -0.4 is 5.63 Å². The van der Waals surface area contributed by atoms with Gasteiger partial charge < -0.3 is 4.42 Å². The van der Waals surface area contributed by atoms with Crippen molar-refractivity contribution in [3.8, 4) is 11.1 Å². The predicted octanol–water partition coefficient (Wildman–Crippen LogP) is 6.62. The molecule has 0 aliphatic rings. The second-order valence-electron chi connectivity index (χ2n) is 7.77. The van der Waals surface area contributed by atoms with Gasteiger partial charge in [-0.1, -0.05) is 62.4 Å². The normalized spacial score (nSPS) is 11.3. The molecule has 4 rings (SSSR count). The van der Waals surface area contributed by atoms with Gasteiger partial charge in [0, 0.05) is 5.39 Å². The summed E-state index contributed by atoms with van der Waals surface area (Å²) in [6.07, 6.45) is 0.594. The Hall–Kier alpha value is -3.20. The van der Waals surface area contributed by atoms with Gasteiger partial charge in [0.2, 0.25) is 0 Å². The molecule has 0 aliphatic carbocycles. The summed E-state index contributed by atoms with van der Waals surface area (Å²) in [5.74, 6) is 0.147. The van der Waals surface area contributed by atoms with Gasteiger partial charge >= 0.3 is 5.63 Å². The summed E-state index contributed by atoms with van der Waals surface area (Å²) in [5.41, 5.74) is 5.40. The van der Waals surface area contributed by atoms with Gasteiger partial charge in [-0.25, -0.2) is 9.18 Å². The molecule has 1 aromatic heterocycles. The van der Waals surface area contributed by atoms with Crippen molar-refractivity contribution >= 4 is 11.0 Å². The summed E-state index contributed by atoms with van der Waals surface area (Å²) < 4.78 is 19.3. The molecule has 0 spiro atoms. The second kappa shape index (κ2) is 7.67. The molecular formula is C26H23FO2. The summed E-state index contributed by atoms with van der Waals surface area (Å²) >= 11 is 0. The fourth-order valence-electron chi connectivity index (χ4n) is 3.80. The van der Waals surface area contributed by atoms with Crippen molar-refractivity contribution in [2.45, 2.75) is 33.1 Å². The Bertz CT molecular complexity index is 1230. The van der Waals surface area contributed by atoms with E-state index in [2.05, 4.69) is 38.1 Å². The van der Waals surface area contributed by atoms with Gasteiger partial charge in [-0.05, 0) is 65.3 Å². The summed E-state index contributed by atoms with van der Waals surface area (Å²) in [5, 5.41) is 0.902. The van der Waals surface area contributed by atoms with E-state index in [1.807, 2.05) is 31.2 Å². The van der Waals surface area contributed by atoms with E-state index in [1.165, 1.54) is 17.7 Å². The number of hydrogen-bond donors (Lipinski definition) is 0. The Morgan fingerprint density at radius 2 is 1.69 bits per heavy atom. The second-order valence-corrected chi connectivity index (χ2v) is 7.77. The van der Waals surface area contributed by atoms with Crippen LogP contribution in [0.15, 0.2) is 75.9 Å². The van der Waals surface area contributed by atoms with Crippen molar-refractivity contribution in [2.75, 3.05) is 0 Å². The molecule has 0 saturated heterocycles. The van der Waals surface area contributed by atoms with Crippen molar-refractivity contribution in [2.24, 2.45) is 0 Å². The third-order valence-electron chi connectivity index (χ3n) is 5.41. The highest BCUT2D eigenvalue weighted by atomic mass is 19.1. The van der Waals surface area contributed by atoms with Crippen LogP contribution in [0.5, 0.6) is 0 Å². The first kappa shape index (κ1) is 19.1. The van der Waals surface area contributed by atoms with Crippen molar-refractivity contribution in [3.63, 3.8) is 0 Å². The zero-order valence-electron chi connectivity index (χ0n) is 16.8. The molecule has 3 heteroatoms. The quantitative estimate of drug-likeness (QED) is 0.369. The molecular weight excluding hydrogens is 363 g/mol. The van der Waals surface area contributed by atoms with E-state index in [1.54, 1.807) is 6.07 Å². The number of aryl methyl sites for hydroxylation is 1. The molecule has 4 aromatic rings. The minimum Gasteiger partial charge on any atom is -0.422 e. The van der Waals surface area contributed by atoms with Crippen molar-refractivity contribution in [1.82, 2.24) is 0 Å². The monoisotopic (exact) mass is 386 g/mol. The SMILES string of the molecule is Cc1cc(F)ccc1-c1c(Cc2ccc(C(C)C)cc2)c2ccccc2oc1=O. The number of fused-ring (bicyclic) bond motifs is 1. The van der Waals surface area contributed by atoms with Crippen LogP contribution in [0.4, 0.5) is 4.39 Å². The van der Waals surface area contributed by atoms with Gasteiger partial charge in [0.15, 0.2) is 0 Å². The van der Waals surface area contributed by atoms with Gasteiger partial charge in [0.25, 0.3) is 0 Å². The minimum atomic E-state index is -0.396. The number of para-hydroxylation sites is 1. The number of benzene rings is 3. The van der Waals surface area contributed by atoms with E-state index >= 15 is 0 Å². The van der Waals surface area contributed by atoms with Crippen LogP contribution in [0.3, 0.4) is 0 Å².